The molecule has 0 amide bonds. The maximum absolute atomic E-state index is 11.4. The van der Waals surface area contributed by atoms with Gasteiger partial charge in [-0.1, -0.05) is 12.1 Å². The Bertz CT molecular complexity index is 558. The van der Waals surface area contributed by atoms with E-state index in [1.165, 1.54) is 0 Å². The van der Waals surface area contributed by atoms with Gasteiger partial charge in [-0.25, -0.2) is 4.68 Å². The first kappa shape index (κ1) is 12.4. The van der Waals surface area contributed by atoms with Gasteiger partial charge in [0.25, 0.3) is 0 Å². The van der Waals surface area contributed by atoms with Crippen LogP contribution < -0.4 is 5.32 Å². The number of hydrogen-bond acceptors (Lipinski definition) is 3. The van der Waals surface area contributed by atoms with E-state index in [1.807, 2.05) is 29.1 Å². The van der Waals surface area contributed by atoms with Crippen LogP contribution in [0.15, 0.2) is 42.7 Å². The second-order valence-corrected chi connectivity index (χ2v) is 6.43. The van der Waals surface area contributed by atoms with Crippen molar-refractivity contribution in [3.8, 4) is 5.69 Å². The molecule has 0 radical (unpaired) electrons. The van der Waals surface area contributed by atoms with E-state index in [0.717, 1.165) is 35.7 Å². The minimum absolute atomic E-state index is 0.411. The summed E-state index contributed by atoms with van der Waals surface area (Å²) in [6.07, 6.45) is 5.66. The molecule has 3 rings (SSSR count). The normalized spacial score (nSPS) is 23.2. The van der Waals surface area contributed by atoms with Crippen molar-refractivity contribution in [2.24, 2.45) is 0 Å². The lowest BCUT2D eigenvalue weighted by Crippen LogP contribution is -2.29. The molecule has 0 spiro atoms. The lowest BCUT2D eigenvalue weighted by molar-refractivity contribution is 0.623. The van der Waals surface area contributed by atoms with Gasteiger partial charge >= 0.3 is 0 Å². The third-order valence-corrected chi connectivity index (χ3v) is 4.78. The molecule has 1 aliphatic rings. The zero-order chi connectivity index (χ0) is 13.1. The molecule has 0 saturated carbocycles. The predicted molar refractivity (Wildman–Crippen MR) is 78.1 cm³/mol. The SMILES string of the molecule is O=S1CCC(Nc2ccccc2-n2cccn2)CC1. The van der Waals surface area contributed by atoms with Gasteiger partial charge in [0.2, 0.25) is 0 Å². The standard InChI is InChI=1S/C14H17N3OS/c18-19-10-6-12(7-11-19)16-13-4-1-2-5-14(13)17-9-3-8-15-17/h1-5,8-9,12,16H,6-7,10-11H2. The maximum atomic E-state index is 11.4. The van der Waals surface area contributed by atoms with Gasteiger partial charge in [-0.3, -0.25) is 4.21 Å². The Kier molecular flexibility index (Phi) is 3.64. The molecule has 5 heteroatoms. The molecular formula is C14H17N3OS. The summed E-state index contributed by atoms with van der Waals surface area (Å²) in [5, 5.41) is 7.84. The third-order valence-electron chi connectivity index (χ3n) is 3.40. The van der Waals surface area contributed by atoms with E-state index in [4.69, 9.17) is 0 Å². The molecule has 1 aliphatic heterocycles. The van der Waals surface area contributed by atoms with Gasteiger partial charge in [0.05, 0.1) is 11.4 Å². The number of para-hydroxylation sites is 2. The highest BCUT2D eigenvalue weighted by Gasteiger charge is 2.18. The van der Waals surface area contributed by atoms with Crippen LogP contribution in [0.25, 0.3) is 5.69 Å². The number of benzene rings is 1. The molecule has 2 aromatic rings. The van der Waals surface area contributed by atoms with Crippen LogP contribution in [0.1, 0.15) is 12.8 Å². The van der Waals surface area contributed by atoms with Crippen molar-refractivity contribution in [2.75, 3.05) is 16.8 Å². The Hall–Kier alpha value is -1.62. The number of nitrogens with one attached hydrogen (secondary N) is 1. The summed E-state index contributed by atoms with van der Waals surface area (Å²) in [6.45, 7) is 0. The summed E-state index contributed by atoms with van der Waals surface area (Å²) in [5.41, 5.74) is 2.14. The highest BCUT2D eigenvalue weighted by atomic mass is 32.2. The van der Waals surface area contributed by atoms with Crippen LogP contribution >= 0.6 is 0 Å². The van der Waals surface area contributed by atoms with E-state index in [2.05, 4.69) is 22.5 Å². The highest BCUT2D eigenvalue weighted by molar-refractivity contribution is 7.85. The third kappa shape index (κ3) is 2.87. The first-order chi connectivity index (χ1) is 9.33. The molecule has 19 heavy (non-hydrogen) atoms. The van der Waals surface area contributed by atoms with Gasteiger partial charge in [0.15, 0.2) is 0 Å². The van der Waals surface area contributed by atoms with Crippen LogP contribution in [0, 0.1) is 0 Å². The Morgan fingerprint density at radius 2 is 2.00 bits per heavy atom. The zero-order valence-electron chi connectivity index (χ0n) is 10.7. The molecule has 1 aromatic carbocycles. The van der Waals surface area contributed by atoms with E-state index in [-0.39, 0.29) is 0 Å². The summed E-state index contributed by atoms with van der Waals surface area (Å²) >= 11 is 0. The average Bonchev–Trinajstić information content (AvgIpc) is 2.96. The summed E-state index contributed by atoms with van der Waals surface area (Å²) in [6, 6.07) is 10.5. The van der Waals surface area contributed by atoms with E-state index in [1.54, 1.807) is 6.20 Å². The summed E-state index contributed by atoms with van der Waals surface area (Å²) < 4.78 is 13.2. The molecular weight excluding hydrogens is 258 g/mol. The molecule has 0 unspecified atom stereocenters. The molecule has 0 bridgehead atoms. The van der Waals surface area contributed by atoms with Crippen LogP contribution in [-0.2, 0) is 10.8 Å². The Labute approximate surface area is 115 Å². The molecule has 100 valence electrons. The largest absolute Gasteiger partial charge is 0.381 e. The summed E-state index contributed by atoms with van der Waals surface area (Å²) in [5.74, 6) is 1.61. The van der Waals surface area contributed by atoms with E-state index in [0.29, 0.717) is 6.04 Å². The van der Waals surface area contributed by atoms with Crippen LogP contribution in [0.3, 0.4) is 0 Å². The van der Waals surface area contributed by atoms with Crippen LogP contribution in [0.2, 0.25) is 0 Å². The Morgan fingerprint density at radius 3 is 2.74 bits per heavy atom. The fraction of sp³-hybridized carbons (Fsp3) is 0.357. The van der Waals surface area contributed by atoms with Gasteiger partial charge in [-0.15, -0.1) is 0 Å². The number of nitrogens with zero attached hydrogens (tertiary/aromatic N) is 2. The number of anilines is 1. The molecule has 1 saturated heterocycles. The average molecular weight is 275 g/mol. The van der Waals surface area contributed by atoms with E-state index in [9.17, 15) is 4.21 Å². The lowest BCUT2D eigenvalue weighted by Gasteiger charge is -2.24. The van der Waals surface area contributed by atoms with Crippen LogP contribution in [-0.4, -0.2) is 31.5 Å². The Morgan fingerprint density at radius 1 is 1.21 bits per heavy atom. The second kappa shape index (κ2) is 5.57. The molecule has 4 nitrogen and oxygen atoms in total. The zero-order valence-corrected chi connectivity index (χ0v) is 11.5. The molecule has 0 atom stereocenters. The smallest absolute Gasteiger partial charge is 0.0876 e. The highest BCUT2D eigenvalue weighted by Crippen LogP contribution is 2.22. The summed E-state index contributed by atoms with van der Waals surface area (Å²) in [7, 11) is -0.611. The van der Waals surface area contributed by atoms with Crippen molar-refractivity contribution >= 4 is 16.5 Å². The number of rotatable bonds is 3. The van der Waals surface area contributed by atoms with Gasteiger partial charge in [-0.2, -0.15) is 5.10 Å². The fourth-order valence-electron chi connectivity index (χ4n) is 2.36. The Balaban J connectivity index is 1.79. The lowest BCUT2D eigenvalue weighted by atomic mass is 10.1. The minimum Gasteiger partial charge on any atom is -0.381 e. The first-order valence-electron chi connectivity index (χ1n) is 6.53. The van der Waals surface area contributed by atoms with E-state index >= 15 is 0 Å². The topological polar surface area (TPSA) is 46.9 Å². The van der Waals surface area contributed by atoms with Gasteiger partial charge in [0, 0.05) is 40.7 Å². The van der Waals surface area contributed by atoms with Crippen molar-refractivity contribution in [1.82, 2.24) is 9.78 Å². The molecule has 1 fully saturated rings. The number of hydrogen-bond donors (Lipinski definition) is 1. The van der Waals surface area contributed by atoms with Crippen LogP contribution in [0.5, 0.6) is 0 Å². The monoisotopic (exact) mass is 275 g/mol. The predicted octanol–water partition coefficient (Wildman–Crippen LogP) is 2.20. The van der Waals surface area contributed by atoms with E-state index < -0.39 is 10.8 Å². The number of aromatic nitrogens is 2. The van der Waals surface area contributed by atoms with Crippen molar-refractivity contribution in [1.29, 1.82) is 0 Å². The molecule has 1 N–H and O–H groups in total. The maximum Gasteiger partial charge on any atom is 0.0876 e. The van der Waals surface area contributed by atoms with Crippen molar-refractivity contribution in [3.63, 3.8) is 0 Å². The first-order valence-corrected chi connectivity index (χ1v) is 8.02. The minimum atomic E-state index is -0.611. The van der Waals surface area contributed by atoms with Crippen molar-refractivity contribution in [3.05, 3.63) is 42.7 Å². The van der Waals surface area contributed by atoms with Crippen LogP contribution in [0.4, 0.5) is 5.69 Å². The van der Waals surface area contributed by atoms with Crippen molar-refractivity contribution in [2.45, 2.75) is 18.9 Å². The van der Waals surface area contributed by atoms with Crippen molar-refractivity contribution < 1.29 is 4.21 Å². The quantitative estimate of drug-likeness (QED) is 0.934. The molecule has 1 aromatic heterocycles. The van der Waals surface area contributed by atoms with Gasteiger partial charge < -0.3 is 5.32 Å². The second-order valence-electron chi connectivity index (χ2n) is 4.73. The summed E-state index contributed by atoms with van der Waals surface area (Å²) in [4.78, 5) is 0. The van der Waals surface area contributed by atoms with Gasteiger partial charge in [-0.05, 0) is 31.0 Å². The van der Waals surface area contributed by atoms with Gasteiger partial charge in [0.1, 0.15) is 0 Å². The molecule has 2 heterocycles. The fourth-order valence-corrected chi connectivity index (χ4v) is 3.66. The molecule has 0 aliphatic carbocycles.